The van der Waals surface area contributed by atoms with Crippen molar-refractivity contribution < 1.29 is 9.53 Å². The van der Waals surface area contributed by atoms with Crippen LogP contribution < -0.4 is 10.5 Å². The third kappa shape index (κ3) is 1.39. The molecule has 3 nitrogen and oxygen atoms in total. The molecule has 1 aromatic carbocycles. The Morgan fingerprint density at radius 2 is 2.25 bits per heavy atom. The van der Waals surface area contributed by atoms with Gasteiger partial charge in [0, 0.05) is 0 Å². The second-order valence-electron chi connectivity index (χ2n) is 3.65. The minimum absolute atomic E-state index is 0.287. The summed E-state index contributed by atoms with van der Waals surface area (Å²) in [5.74, 6) is 0.516. The Morgan fingerprint density at radius 3 is 3.06 bits per heavy atom. The van der Waals surface area contributed by atoms with Crippen molar-refractivity contribution in [2.45, 2.75) is 0 Å². The summed E-state index contributed by atoms with van der Waals surface area (Å²) >= 11 is 0.346. The van der Waals surface area contributed by atoms with E-state index in [1.54, 1.807) is 0 Å². The zero-order valence-electron chi connectivity index (χ0n) is 8.40. The number of amides is 1. The van der Waals surface area contributed by atoms with Crippen molar-refractivity contribution in [1.82, 2.24) is 0 Å². The Morgan fingerprint density at radius 1 is 1.38 bits per heavy atom. The quantitative estimate of drug-likeness (QED) is 0.796. The number of nitrogens with two attached hydrogens (primary N) is 1. The van der Waals surface area contributed by atoms with Crippen molar-refractivity contribution in [3.63, 3.8) is 0 Å². The topological polar surface area (TPSA) is 52.3 Å². The first-order valence-electron chi connectivity index (χ1n) is 4.89. The van der Waals surface area contributed by atoms with Gasteiger partial charge in [0.05, 0.1) is 0 Å². The molecule has 0 bridgehead atoms. The fraction of sp³-hybridized carbons (Fsp3) is 0.0833. The SMILES string of the molecule is NC(=O)C1=Cc2ccc3cc[se]c3c2OC1. The number of hydrogen-bond donors (Lipinski definition) is 1. The molecule has 2 N–H and O–H groups in total. The van der Waals surface area contributed by atoms with Gasteiger partial charge in [-0.1, -0.05) is 0 Å². The summed E-state index contributed by atoms with van der Waals surface area (Å²) in [6.07, 6.45) is 1.83. The molecule has 0 saturated carbocycles. The Labute approximate surface area is 98.2 Å². The van der Waals surface area contributed by atoms with E-state index in [9.17, 15) is 4.79 Å². The molecule has 4 heteroatoms. The Bertz CT molecular complexity index is 613. The van der Waals surface area contributed by atoms with E-state index >= 15 is 0 Å². The van der Waals surface area contributed by atoms with Crippen molar-refractivity contribution in [1.29, 1.82) is 0 Å². The molecule has 80 valence electrons. The molecule has 1 aliphatic rings. The average Bonchev–Trinajstić information content (AvgIpc) is 2.76. The standard InChI is InChI=1S/C12H9NO2Se/c13-12(14)9-5-8-2-1-7-3-4-16-11(7)10(8)15-6-9/h1-5H,6H2,(H2,13,14). The van der Waals surface area contributed by atoms with Crippen LogP contribution in [-0.2, 0) is 4.79 Å². The molecular formula is C12H9NO2Se. The number of primary amides is 1. The summed E-state index contributed by atoms with van der Waals surface area (Å²) in [5.41, 5.74) is 6.74. The number of carbonyl (C=O) groups is 1. The van der Waals surface area contributed by atoms with Crippen LogP contribution in [0.1, 0.15) is 5.56 Å². The molecule has 16 heavy (non-hydrogen) atoms. The molecular weight excluding hydrogens is 269 g/mol. The number of fused-ring (bicyclic) bond motifs is 3. The Kier molecular flexibility index (Phi) is 2.13. The molecule has 0 fully saturated rings. The molecule has 0 saturated heterocycles. The number of rotatable bonds is 1. The predicted molar refractivity (Wildman–Crippen MR) is 63.6 cm³/mol. The van der Waals surface area contributed by atoms with E-state index < -0.39 is 5.91 Å². The fourth-order valence-electron chi connectivity index (χ4n) is 1.81. The summed E-state index contributed by atoms with van der Waals surface area (Å²) in [6, 6.07) is 6.15. The van der Waals surface area contributed by atoms with Crippen molar-refractivity contribution in [3.8, 4) is 5.75 Å². The van der Waals surface area contributed by atoms with Gasteiger partial charge in [-0.05, 0) is 0 Å². The first-order chi connectivity index (χ1) is 7.75. The second kappa shape index (κ2) is 3.51. The van der Waals surface area contributed by atoms with E-state index in [4.69, 9.17) is 10.5 Å². The molecule has 2 heterocycles. The number of hydrogen-bond acceptors (Lipinski definition) is 2. The third-order valence-corrected chi connectivity index (χ3v) is 4.57. The van der Waals surface area contributed by atoms with Crippen LogP contribution in [0.3, 0.4) is 0 Å². The van der Waals surface area contributed by atoms with Crippen LogP contribution in [0.15, 0.2) is 28.7 Å². The van der Waals surface area contributed by atoms with Crippen LogP contribution >= 0.6 is 0 Å². The summed E-state index contributed by atoms with van der Waals surface area (Å²) < 4.78 is 6.92. The van der Waals surface area contributed by atoms with Gasteiger partial charge in [-0.25, -0.2) is 0 Å². The van der Waals surface area contributed by atoms with Gasteiger partial charge in [-0.3, -0.25) is 0 Å². The zero-order valence-corrected chi connectivity index (χ0v) is 10.1. The minimum atomic E-state index is -0.408. The van der Waals surface area contributed by atoms with Crippen molar-refractivity contribution >= 4 is 36.1 Å². The zero-order chi connectivity index (χ0) is 11.1. The van der Waals surface area contributed by atoms with E-state index in [0.717, 1.165) is 11.3 Å². The molecule has 1 aromatic heterocycles. The molecule has 0 radical (unpaired) electrons. The van der Waals surface area contributed by atoms with Crippen molar-refractivity contribution in [2.24, 2.45) is 5.73 Å². The maximum absolute atomic E-state index is 11.1. The second-order valence-corrected chi connectivity index (χ2v) is 5.57. The van der Waals surface area contributed by atoms with Crippen LogP contribution in [0.4, 0.5) is 0 Å². The molecule has 0 spiro atoms. The summed E-state index contributed by atoms with van der Waals surface area (Å²) in [4.78, 5) is 13.2. The van der Waals surface area contributed by atoms with Crippen molar-refractivity contribution in [3.05, 3.63) is 34.3 Å². The Balaban J connectivity index is 2.23. The van der Waals surface area contributed by atoms with Gasteiger partial charge in [-0.15, -0.1) is 0 Å². The summed E-state index contributed by atoms with van der Waals surface area (Å²) in [5, 5.41) is 1.23. The van der Waals surface area contributed by atoms with Crippen LogP contribution in [0.2, 0.25) is 0 Å². The van der Waals surface area contributed by atoms with E-state index in [1.807, 2.05) is 12.1 Å². The summed E-state index contributed by atoms with van der Waals surface area (Å²) in [6.45, 7) is 0.287. The first-order valence-corrected chi connectivity index (χ1v) is 6.73. The number of ether oxygens (including phenoxy) is 1. The summed E-state index contributed by atoms with van der Waals surface area (Å²) in [7, 11) is 0. The Hall–Kier alpha value is -1.51. The molecule has 0 atom stereocenters. The van der Waals surface area contributed by atoms with Gasteiger partial charge < -0.3 is 0 Å². The van der Waals surface area contributed by atoms with E-state index in [1.165, 1.54) is 9.65 Å². The van der Waals surface area contributed by atoms with Gasteiger partial charge in [-0.2, -0.15) is 0 Å². The average molecular weight is 278 g/mol. The maximum atomic E-state index is 11.1. The normalized spacial score (nSPS) is 14.1. The molecule has 0 unspecified atom stereocenters. The molecule has 1 amide bonds. The first kappa shape index (κ1) is 9.70. The van der Waals surface area contributed by atoms with Crippen LogP contribution in [0.25, 0.3) is 15.7 Å². The monoisotopic (exact) mass is 279 g/mol. The van der Waals surface area contributed by atoms with E-state index in [0.29, 0.717) is 20.1 Å². The predicted octanol–water partition coefficient (Wildman–Crippen LogP) is 1.16. The fourth-order valence-corrected chi connectivity index (χ4v) is 3.71. The van der Waals surface area contributed by atoms with Gasteiger partial charge in [0.15, 0.2) is 0 Å². The number of carbonyl (C=O) groups excluding carboxylic acids is 1. The van der Waals surface area contributed by atoms with Crippen LogP contribution in [-0.4, -0.2) is 27.0 Å². The molecule has 2 aromatic rings. The number of benzene rings is 1. The molecule has 1 aliphatic heterocycles. The van der Waals surface area contributed by atoms with E-state index in [2.05, 4.69) is 17.1 Å². The van der Waals surface area contributed by atoms with Crippen LogP contribution in [0.5, 0.6) is 5.75 Å². The van der Waals surface area contributed by atoms with Gasteiger partial charge in [0.2, 0.25) is 0 Å². The van der Waals surface area contributed by atoms with Gasteiger partial charge in [0.25, 0.3) is 0 Å². The van der Waals surface area contributed by atoms with Gasteiger partial charge in [0.1, 0.15) is 0 Å². The van der Waals surface area contributed by atoms with E-state index in [-0.39, 0.29) is 6.61 Å². The van der Waals surface area contributed by atoms with Gasteiger partial charge >= 0.3 is 98.0 Å². The molecule has 0 aliphatic carbocycles. The third-order valence-electron chi connectivity index (χ3n) is 2.62. The molecule has 3 rings (SSSR count). The van der Waals surface area contributed by atoms with Crippen LogP contribution in [0, 0.1) is 0 Å². The van der Waals surface area contributed by atoms with Crippen molar-refractivity contribution in [2.75, 3.05) is 6.61 Å².